The molecule has 1 aromatic carbocycles. The predicted octanol–water partition coefficient (Wildman–Crippen LogP) is 2.53. The van der Waals surface area contributed by atoms with Crippen molar-refractivity contribution in [2.75, 3.05) is 11.1 Å². The Balaban J connectivity index is 1.63. The highest BCUT2D eigenvalue weighted by molar-refractivity contribution is 6.03. The summed E-state index contributed by atoms with van der Waals surface area (Å²) < 4.78 is 1.95. The van der Waals surface area contributed by atoms with Gasteiger partial charge in [0, 0.05) is 12.2 Å². The van der Waals surface area contributed by atoms with Gasteiger partial charge in [0.1, 0.15) is 5.69 Å². The summed E-state index contributed by atoms with van der Waals surface area (Å²) in [4.78, 5) is 19.8. The van der Waals surface area contributed by atoms with E-state index in [0.29, 0.717) is 23.4 Å². The van der Waals surface area contributed by atoms with E-state index in [2.05, 4.69) is 15.3 Å². The van der Waals surface area contributed by atoms with Gasteiger partial charge in [0.05, 0.1) is 16.7 Å². The maximum absolute atomic E-state index is 12.4. The number of para-hydroxylation sites is 2. The molecule has 0 atom stereocenters. The Morgan fingerprint density at radius 1 is 1.38 bits per heavy atom. The van der Waals surface area contributed by atoms with E-state index >= 15 is 0 Å². The Morgan fingerprint density at radius 2 is 2.19 bits per heavy atom. The highest BCUT2D eigenvalue weighted by atomic mass is 16.2. The van der Waals surface area contributed by atoms with Crippen molar-refractivity contribution in [2.24, 2.45) is 0 Å². The van der Waals surface area contributed by atoms with Crippen LogP contribution < -0.4 is 11.1 Å². The Labute approximate surface area is 121 Å². The third kappa shape index (κ3) is 2.14. The number of hydrogen-bond donors (Lipinski definition) is 3. The molecular weight excluding hydrogens is 266 g/mol. The zero-order valence-electron chi connectivity index (χ0n) is 11.3. The minimum atomic E-state index is -0.197. The standard InChI is InChI=1S/C15H15N5O/c16-9-7-13(20(8-9)10-5-6-10)14(21)19-15-17-11-3-1-2-4-12(11)18-15/h1-4,7-8,10H,5-6,16H2,(H2,17,18,19,21). The van der Waals surface area contributed by atoms with Crippen LogP contribution >= 0.6 is 0 Å². The van der Waals surface area contributed by atoms with Crippen LogP contribution in [-0.4, -0.2) is 20.4 Å². The molecule has 1 fully saturated rings. The summed E-state index contributed by atoms with van der Waals surface area (Å²) in [5, 5.41) is 2.80. The molecule has 1 saturated carbocycles. The molecule has 0 saturated heterocycles. The van der Waals surface area contributed by atoms with Gasteiger partial charge in [-0.2, -0.15) is 0 Å². The minimum Gasteiger partial charge on any atom is -0.397 e. The van der Waals surface area contributed by atoms with E-state index in [1.54, 1.807) is 6.07 Å². The maximum atomic E-state index is 12.4. The second-order valence-corrected chi connectivity index (χ2v) is 5.35. The quantitative estimate of drug-likeness (QED) is 0.689. The highest BCUT2D eigenvalue weighted by Gasteiger charge is 2.28. The molecule has 4 N–H and O–H groups in total. The fourth-order valence-corrected chi connectivity index (χ4v) is 2.52. The average molecular weight is 281 g/mol. The number of aromatic amines is 1. The molecule has 106 valence electrons. The fraction of sp³-hybridized carbons (Fsp3) is 0.200. The number of carbonyl (C=O) groups excluding carboxylic acids is 1. The number of nitrogens with one attached hydrogen (secondary N) is 2. The van der Waals surface area contributed by atoms with Crippen molar-refractivity contribution < 1.29 is 4.79 Å². The van der Waals surface area contributed by atoms with Gasteiger partial charge in [-0.25, -0.2) is 4.98 Å². The molecule has 2 heterocycles. The summed E-state index contributed by atoms with van der Waals surface area (Å²) in [5.74, 6) is 0.251. The number of imidazole rings is 1. The van der Waals surface area contributed by atoms with Crippen LogP contribution in [0.2, 0.25) is 0 Å². The fourth-order valence-electron chi connectivity index (χ4n) is 2.52. The van der Waals surface area contributed by atoms with Crippen LogP contribution in [0.1, 0.15) is 29.4 Å². The number of H-pyrrole nitrogens is 1. The van der Waals surface area contributed by atoms with Gasteiger partial charge in [0.2, 0.25) is 5.95 Å². The van der Waals surface area contributed by atoms with Gasteiger partial charge in [0.25, 0.3) is 5.91 Å². The summed E-state index contributed by atoms with van der Waals surface area (Å²) in [6.07, 6.45) is 4.02. The van der Waals surface area contributed by atoms with Gasteiger partial charge in [-0.1, -0.05) is 12.1 Å². The number of nitrogens with zero attached hydrogens (tertiary/aromatic N) is 2. The van der Waals surface area contributed by atoms with Gasteiger partial charge < -0.3 is 15.3 Å². The molecule has 6 heteroatoms. The van der Waals surface area contributed by atoms with Crippen LogP contribution in [-0.2, 0) is 0 Å². The van der Waals surface area contributed by atoms with Crippen molar-refractivity contribution in [3.8, 4) is 0 Å². The first-order valence-electron chi connectivity index (χ1n) is 6.94. The largest absolute Gasteiger partial charge is 0.397 e. The van der Waals surface area contributed by atoms with Crippen LogP contribution in [0.4, 0.5) is 11.6 Å². The van der Waals surface area contributed by atoms with Crippen LogP contribution in [0.25, 0.3) is 11.0 Å². The van der Waals surface area contributed by atoms with Crippen LogP contribution in [0.15, 0.2) is 36.5 Å². The van der Waals surface area contributed by atoms with Crippen molar-refractivity contribution in [2.45, 2.75) is 18.9 Å². The van der Waals surface area contributed by atoms with E-state index < -0.39 is 0 Å². The van der Waals surface area contributed by atoms with E-state index in [1.165, 1.54) is 0 Å². The van der Waals surface area contributed by atoms with E-state index in [1.807, 2.05) is 35.0 Å². The van der Waals surface area contributed by atoms with Crippen LogP contribution in [0.3, 0.4) is 0 Å². The number of benzene rings is 1. The lowest BCUT2D eigenvalue weighted by Crippen LogP contribution is -2.17. The molecule has 1 aliphatic carbocycles. The van der Waals surface area contributed by atoms with E-state index in [9.17, 15) is 4.79 Å². The number of aromatic nitrogens is 3. The lowest BCUT2D eigenvalue weighted by molar-refractivity contribution is 0.101. The Hall–Kier alpha value is -2.76. The number of anilines is 2. The zero-order valence-corrected chi connectivity index (χ0v) is 11.3. The summed E-state index contributed by atoms with van der Waals surface area (Å²) in [5.41, 5.74) is 8.72. The molecule has 0 spiro atoms. The number of amides is 1. The third-order valence-corrected chi connectivity index (χ3v) is 3.66. The van der Waals surface area contributed by atoms with Gasteiger partial charge in [-0.3, -0.25) is 10.1 Å². The number of hydrogen-bond acceptors (Lipinski definition) is 3. The first-order valence-corrected chi connectivity index (χ1v) is 6.94. The Kier molecular flexibility index (Phi) is 2.50. The number of rotatable bonds is 3. The van der Waals surface area contributed by atoms with Gasteiger partial charge >= 0.3 is 0 Å². The minimum absolute atomic E-state index is 0.197. The number of carbonyl (C=O) groups is 1. The van der Waals surface area contributed by atoms with Crippen LogP contribution in [0, 0.1) is 0 Å². The number of nitrogens with two attached hydrogens (primary N) is 1. The molecular formula is C15H15N5O. The Morgan fingerprint density at radius 3 is 2.95 bits per heavy atom. The molecule has 3 aromatic rings. The van der Waals surface area contributed by atoms with Crippen molar-refractivity contribution in [1.82, 2.24) is 14.5 Å². The molecule has 21 heavy (non-hydrogen) atoms. The zero-order chi connectivity index (χ0) is 14.4. The molecule has 1 aliphatic rings. The number of fused-ring (bicyclic) bond motifs is 1. The lowest BCUT2D eigenvalue weighted by Gasteiger charge is -2.06. The highest BCUT2D eigenvalue weighted by Crippen LogP contribution is 2.37. The molecule has 6 nitrogen and oxygen atoms in total. The molecule has 0 radical (unpaired) electrons. The third-order valence-electron chi connectivity index (χ3n) is 3.66. The summed E-state index contributed by atoms with van der Waals surface area (Å²) in [6.45, 7) is 0. The molecule has 2 aromatic heterocycles. The molecule has 1 amide bonds. The van der Waals surface area contributed by atoms with E-state index in [-0.39, 0.29) is 5.91 Å². The normalized spacial score (nSPS) is 14.5. The summed E-state index contributed by atoms with van der Waals surface area (Å²) >= 11 is 0. The molecule has 0 bridgehead atoms. The van der Waals surface area contributed by atoms with Crippen molar-refractivity contribution in [3.05, 3.63) is 42.2 Å². The first kappa shape index (κ1) is 12.0. The van der Waals surface area contributed by atoms with Gasteiger partial charge in [0.15, 0.2) is 0 Å². The van der Waals surface area contributed by atoms with E-state index in [0.717, 1.165) is 23.9 Å². The SMILES string of the molecule is Nc1cc(C(=O)Nc2nc3ccccc3[nH]2)n(C2CC2)c1. The molecule has 0 aliphatic heterocycles. The second kappa shape index (κ2) is 4.37. The topological polar surface area (TPSA) is 88.7 Å². The summed E-state index contributed by atoms with van der Waals surface area (Å²) in [6, 6.07) is 9.75. The molecule has 4 rings (SSSR count). The number of nitrogen functional groups attached to an aromatic ring is 1. The summed E-state index contributed by atoms with van der Waals surface area (Å²) in [7, 11) is 0. The van der Waals surface area contributed by atoms with Gasteiger partial charge in [-0.15, -0.1) is 0 Å². The lowest BCUT2D eigenvalue weighted by atomic mass is 10.3. The van der Waals surface area contributed by atoms with Gasteiger partial charge in [-0.05, 0) is 31.0 Å². The first-order chi connectivity index (χ1) is 10.2. The Bertz CT molecular complexity index is 795. The maximum Gasteiger partial charge on any atom is 0.274 e. The second-order valence-electron chi connectivity index (χ2n) is 5.35. The predicted molar refractivity (Wildman–Crippen MR) is 81.2 cm³/mol. The monoisotopic (exact) mass is 281 g/mol. The average Bonchev–Trinajstić information content (AvgIpc) is 3.11. The van der Waals surface area contributed by atoms with Crippen molar-refractivity contribution >= 4 is 28.6 Å². The van der Waals surface area contributed by atoms with Crippen LogP contribution in [0.5, 0.6) is 0 Å². The van der Waals surface area contributed by atoms with Crippen molar-refractivity contribution in [1.29, 1.82) is 0 Å². The van der Waals surface area contributed by atoms with E-state index in [4.69, 9.17) is 5.73 Å². The molecule has 0 unspecified atom stereocenters. The smallest absolute Gasteiger partial charge is 0.274 e. The van der Waals surface area contributed by atoms with Crippen molar-refractivity contribution in [3.63, 3.8) is 0 Å².